The summed E-state index contributed by atoms with van der Waals surface area (Å²) in [4.78, 5) is 22.9. The first-order valence-corrected chi connectivity index (χ1v) is 6.22. The van der Waals surface area contributed by atoms with Crippen molar-refractivity contribution in [1.29, 1.82) is 0 Å². The zero-order valence-electron chi connectivity index (χ0n) is 12.8. The highest BCUT2D eigenvalue weighted by Gasteiger charge is 2.46. The zero-order valence-corrected chi connectivity index (χ0v) is 12.8. The van der Waals surface area contributed by atoms with Gasteiger partial charge in [-0.1, -0.05) is 0 Å². The predicted octanol–water partition coefficient (Wildman–Crippen LogP) is 2.02. The molecule has 0 aromatic carbocycles. The van der Waals surface area contributed by atoms with Gasteiger partial charge in [0.15, 0.2) is 6.04 Å². The molecule has 0 aromatic rings. The van der Waals surface area contributed by atoms with Crippen molar-refractivity contribution in [3.05, 3.63) is 0 Å². The smallest absolute Gasteiger partial charge is 0.329 e. The summed E-state index contributed by atoms with van der Waals surface area (Å²) in [6, 6.07) is -2.21. The molecule has 1 atom stereocenters. The van der Waals surface area contributed by atoms with Crippen molar-refractivity contribution in [1.82, 2.24) is 0 Å². The van der Waals surface area contributed by atoms with Crippen molar-refractivity contribution in [2.24, 2.45) is 5.73 Å². The Morgan fingerprint density at radius 3 is 1.75 bits per heavy atom. The lowest BCUT2D eigenvalue weighted by molar-refractivity contribution is -0.173. The molecule has 0 saturated heterocycles. The standard InChI is InChI=1S/C13H23F2NO4/c1-11(2,3)19-8(17)7-13(14,15)9(16)10(18)20-12(4,5)6/h9H,7,16H2,1-6H3. The van der Waals surface area contributed by atoms with E-state index in [0.717, 1.165) is 0 Å². The molecule has 0 aliphatic carbocycles. The molecule has 0 heterocycles. The number of carbonyl (C=O) groups excluding carboxylic acids is 2. The highest BCUT2D eigenvalue weighted by atomic mass is 19.3. The van der Waals surface area contributed by atoms with Crippen molar-refractivity contribution in [3.63, 3.8) is 0 Å². The van der Waals surface area contributed by atoms with Crippen molar-refractivity contribution < 1.29 is 27.8 Å². The van der Waals surface area contributed by atoms with E-state index in [9.17, 15) is 18.4 Å². The van der Waals surface area contributed by atoms with Crippen molar-refractivity contribution in [2.45, 2.75) is 71.1 Å². The maximum absolute atomic E-state index is 13.7. The quantitative estimate of drug-likeness (QED) is 0.803. The lowest BCUT2D eigenvalue weighted by atomic mass is 10.1. The van der Waals surface area contributed by atoms with Crippen LogP contribution in [-0.4, -0.2) is 35.1 Å². The molecule has 0 spiro atoms. The minimum Gasteiger partial charge on any atom is -0.460 e. The maximum Gasteiger partial charge on any atom is 0.329 e. The van der Waals surface area contributed by atoms with E-state index < -0.39 is 41.5 Å². The Balaban J connectivity index is 4.71. The van der Waals surface area contributed by atoms with E-state index in [1.807, 2.05) is 0 Å². The zero-order chi connectivity index (χ0) is 16.4. The summed E-state index contributed by atoms with van der Waals surface area (Å²) < 4.78 is 37.0. The minimum absolute atomic E-state index is 0.886. The average Bonchev–Trinajstić information content (AvgIpc) is 2.08. The predicted molar refractivity (Wildman–Crippen MR) is 69.2 cm³/mol. The number of halogens is 2. The number of hydrogen-bond donors (Lipinski definition) is 1. The molecule has 0 aromatic heterocycles. The fourth-order valence-electron chi connectivity index (χ4n) is 1.22. The van der Waals surface area contributed by atoms with Crippen LogP contribution in [0.5, 0.6) is 0 Å². The van der Waals surface area contributed by atoms with Gasteiger partial charge in [-0.15, -0.1) is 0 Å². The molecular weight excluding hydrogens is 272 g/mol. The van der Waals surface area contributed by atoms with E-state index >= 15 is 0 Å². The number of carbonyl (C=O) groups is 2. The van der Waals surface area contributed by atoms with Crippen LogP contribution in [0.2, 0.25) is 0 Å². The van der Waals surface area contributed by atoms with E-state index in [1.54, 1.807) is 20.8 Å². The summed E-state index contributed by atoms with van der Waals surface area (Å²) in [5.41, 5.74) is 3.36. The Hall–Kier alpha value is -1.24. The molecule has 0 rings (SSSR count). The molecule has 5 nitrogen and oxygen atoms in total. The molecular formula is C13H23F2NO4. The molecule has 20 heavy (non-hydrogen) atoms. The second-order valence-electron chi connectivity index (χ2n) is 6.54. The maximum atomic E-state index is 13.7. The Kier molecular flexibility index (Phi) is 5.66. The number of alkyl halides is 2. The van der Waals surface area contributed by atoms with Gasteiger partial charge in [0.05, 0.1) is 0 Å². The molecule has 7 heteroatoms. The van der Waals surface area contributed by atoms with Crippen molar-refractivity contribution >= 4 is 11.9 Å². The Labute approximate surface area is 117 Å². The lowest BCUT2D eigenvalue weighted by Gasteiger charge is -2.27. The van der Waals surface area contributed by atoms with Crippen LogP contribution in [0.4, 0.5) is 8.78 Å². The van der Waals surface area contributed by atoms with E-state index in [0.29, 0.717) is 0 Å². The van der Waals surface area contributed by atoms with Gasteiger partial charge < -0.3 is 15.2 Å². The highest BCUT2D eigenvalue weighted by molar-refractivity contribution is 5.79. The fraction of sp³-hybridized carbons (Fsp3) is 0.846. The van der Waals surface area contributed by atoms with Gasteiger partial charge in [-0.25, -0.2) is 8.78 Å². The van der Waals surface area contributed by atoms with Crippen LogP contribution in [0.25, 0.3) is 0 Å². The van der Waals surface area contributed by atoms with Crippen LogP contribution >= 0.6 is 0 Å². The van der Waals surface area contributed by atoms with Crippen LogP contribution in [0.1, 0.15) is 48.0 Å². The van der Waals surface area contributed by atoms with Gasteiger partial charge in [-0.3, -0.25) is 9.59 Å². The van der Waals surface area contributed by atoms with Crippen LogP contribution in [-0.2, 0) is 19.1 Å². The molecule has 0 amide bonds. The van der Waals surface area contributed by atoms with Gasteiger partial charge in [0, 0.05) is 0 Å². The Bertz CT molecular complexity index is 370. The summed E-state index contributed by atoms with van der Waals surface area (Å²) in [5.74, 6) is -6.11. The SMILES string of the molecule is CC(C)(C)OC(=O)CC(F)(F)C(N)C(=O)OC(C)(C)C. The second-order valence-corrected chi connectivity index (χ2v) is 6.54. The molecule has 118 valence electrons. The van der Waals surface area contributed by atoms with Crippen molar-refractivity contribution in [3.8, 4) is 0 Å². The van der Waals surface area contributed by atoms with Gasteiger partial charge in [-0.05, 0) is 41.5 Å². The lowest BCUT2D eigenvalue weighted by Crippen LogP contribution is -2.51. The number of ether oxygens (including phenoxy) is 2. The number of rotatable bonds is 4. The summed E-state index contributed by atoms with van der Waals surface area (Å²) in [6.07, 6.45) is -1.27. The number of nitrogens with two attached hydrogens (primary N) is 1. The first kappa shape index (κ1) is 18.8. The first-order valence-electron chi connectivity index (χ1n) is 6.22. The minimum atomic E-state index is -3.73. The average molecular weight is 295 g/mol. The normalized spacial score (nSPS) is 14.7. The molecule has 0 saturated carbocycles. The van der Waals surface area contributed by atoms with E-state index in [-0.39, 0.29) is 0 Å². The molecule has 0 aliphatic rings. The van der Waals surface area contributed by atoms with E-state index in [4.69, 9.17) is 15.2 Å². The van der Waals surface area contributed by atoms with Gasteiger partial charge in [-0.2, -0.15) is 0 Å². The summed E-state index contributed by atoms with van der Waals surface area (Å²) >= 11 is 0. The van der Waals surface area contributed by atoms with E-state index in [1.165, 1.54) is 20.8 Å². The summed E-state index contributed by atoms with van der Waals surface area (Å²) in [6.45, 7) is 9.25. The second kappa shape index (κ2) is 6.03. The largest absolute Gasteiger partial charge is 0.460 e. The Morgan fingerprint density at radius 2 is 1.40 bits per heavy atom. The topological polar surface area (TPSA) is 78.6 Å². The fourth-order valence-corrected chi connectivity index (χ4v) is 1.22. The molecule has 1 unspecified atom stereocenters. The number of esters is 2. The van der Waals surface area contributed by atoms with Crippen LogP contribution in [0, 0.1) is 0 Å². The van der Waals surface area contributed by atoms with E-state index in [2.05, 4.69) is 0 Å². The van der Waals surface area contributed by atoms with Crippen molar-refractivity contribution in [2.75, 3.05) is 0 Å². The monoisotopic (exact) mass is 295 g/mol. The highest BCUT2D eigenvalue weighted by Crippen LogP contribution is 2.25. The van der Waals surface area contributed by atoms with Gasteiger partial charge in [0.25, 0.3) is 5.92 Å². The third-order valence-corrected chi connectivity index (χ3v) is 1.92. The number of hydrogen-bond acceptors (Lipinski definition) is 5. The van der Waals surface area contributed by atoms with Crippen LogP contribution in [0.15, 0.2) is 0 Å². The van der Waals surface area contributed by atoms with Gasteiger partial charge >= 0.3 is 11.9 Å². The molecule has 0 radical (unpaired) electrons. The van der Waals surface area contributed by atoms with Crippen LogP contribution in [0.3, 0.4) is 0 Å². The molecule has 0 fully saturated rings. The molecule has 2 N–H and O–H groups in total. The first-order chi connectivity index (χ1) is 8.64. The van der Waals surface area contributed by atoms with Crippen LogP contribution < -0.4 is 5.73 Å². The van der Waals surface area contributed by atoms with Gasteiger partial charge in [0.2, 0.25) is 0 Å². The molecule has 0 aliphatic heterocycles. The third kappa shape index (κ3) is 7.37. The Morgan fingerprint density at radius 1 is 1.00 bits per heavy atom. The summed E-state index contributed by atoms with van der Waals surface area (Å²) in [5, 5.41) is 0. The van der Waals surface area contributed by atoms with Gasteiger partial charge in [0.1, 0.15) is 17.6 Å². The third-order valence-electron chi connectivity index (χ3n) is 1.92. The molecule has 0 bridgehead atoms. The summed E-state index contributed by atoms with van der Waals surface area (Å²) in [7, 11) is 0.